The molecular weight excluding hydrogens is 300 g/mol. The number of carbonyl (C=O) groups is 1. The zero-order chi connectivity index (χ0) is 16.9. The van der Waals surface area contributed by atoms with Gasteiger partial charge in [-0.3, -0.25) is 9.89 Å². The van der Waals surface area contributed by atoms with Gasteiger partial charge in [0.05, 0.1) is 18.4 Å². The van der Waals surface area contributed by atoms with E-state index in [1.807, 2.05) is 31.2 Å². The van der Waals surface area contributed by atoms with Crippen LogP contribution in [0.15, 0.2) is 53.5 Å². The summed E-state index contributed by atoms with van der Waals surface area (Å²) < 4.78 is 4.88. The van der Waals surface area contributed by atoms with Crippen molar-refractivity contribution in [3.05, 3.63) is 65.2 Å². The molecule has 124 valence electrons. The lowest BCUT2D eigenvalue weighted by molar-refractivity contribution is 0.0601. The Labute approximate surface area is 142 Å². The van der Waals surface area contributed by atoms with Crippen LogP contribution < -0.4 is 0 Å². The molecule has 0 amide bonds. The van der Waals surface area contributed by atoms with Crippen molar-refractivity contribution in [2.45, 2.75) is 19.9 Å². The van der Waals surface area contributed by atoms with Gasteiger partial charge < -0.3 is 4.74 Å². The molecule has 0 spiro atoms. The summed E-state index contributed by atoms with van der Waals surface area (Å²) >= 11 is 0. The highest BCUT2D eigenvalue weighted by Gasteiger charge is 2.19. The molecule has 0 N–H and O–H groups in total. The smallest absolute Gasteiger partial charge is 0.340 e. The molecule has 2 aromatic rings. The maximum atomic E-state index is 12.0. The summed E-state index contributed by atoms with van der Waals surface area (Å²) in [6.07, 6.45) is 0.932. The summed E-state index contributed by atoms with van der Waals surface area (Å²) in [4.78, 5) is 19.1. The largest absolute Gasteiger partial charge is 0.465 e. The first-order valence-electron chi connectivity index (χ1n) is 8.17. The highest BCUT2D eigenvalue weighted by molar-refractivity contribution is 5.98. The Balaban J connectivity index is 1.75. The lowest BCUT2D eigenvalue weighted by atomic mass is 10.1. The maximum Gasteiger partial charge on any atom is 0.340 e. The fourth-order valence-corrected chi connectivity index (χ4v) is 2.96. The van der Waals surface area contributed by atoms with Gasteiger partial charge >= 0.3 is 5.97 Å². The van der Waals surface area contributed by atoms with Crippen molar-refractivity contribution in [2.24, 2.45) is 4.99 Å². The van der Waals surface area contributed by atoms with Crippen LogP contribution in [0, 0.1) is 6.92 Å². The number of aryl methyl sites for hydroxylation is 1. The van der Waals surface area contributed by atoms with E-state index in [0.29, 0.717) is 11.3 Å². The highest BCUT2D eigenvalue weighted by atomic mass is 16.5. The van der Waals surface area contributed by atoms with Crippen LogP contribution in [-0.4, -0.2) is 36.8 Å². The van der Waals surface area contributed by atoms with Crippen LogP contribution in [0.25, 0.3) is 0 Å². The SMILES string of the molecule is COC(=O)c1cc(C)ccc1/N=C1\CCN(Cc2ccccc2)C1. The summed E-state index contributed by atoms with van der Waals surface area (Å²) in [7, 11) is 1.40. The van der Waals surface area contributed by atoms with Crippen molar-refractivity contribution in [3.8, 4) is 0 Å². The maximum absolute atomic E-state index is 12.0. The molecule has 24 heavy (non-hydrogen) atoms. The molecule has 2 aromatic carbocycles. The molecule has 3 rings (SSSR count). The summed E-state index contributed by atoms with van der Waals surface area (Å²) in [5, 5.41) is 0. The zero-order valence-corrected chi connectivity index (χ0v) is 14.2. The fourth-order valence-electron chi connectivity index (χ4n) is 2.96. The van der Waals surface area contributed by atoms with Crippen molar-refractivity contribution in [1.29, 1.82) is 0 Å². The number of carbonyl (C=O) groups excluding carboxylic acids is 1. The molecule has 1 heterocycles. The number of methoxy groups -OCH3 is 1. The molecule has 0 saturated carbocycles. The van der Waals surface area contributed by atoms with E-state index in [2.05, 4.69) is 29.2 Å². The van der Waals surface area contributed by atoms with Gasteiger partial charge in [0.1, 0.15) is 0 Å². The first-order chi connectivity index (χ1) is 11.7. The third kappa shape index (κ3) is 3.89. The van der Waals surface area contributed by atoms with Crippen LogP contribution >= 0.6 is 0 Å². The van der Waals surface area contributed by atoms with Crippen LogP contribution in [0.5, 0.6) is 0 Å². The topological polar surface area (TPSA) is 41.9 Å². The Morgan fingerprint density at radius 3 is 2.75 bits per heavy atom. The molecule has 0 aromatic heterocycles. The molecule has 1 fully saturated rings. The molecule has 0 unspecified atom stereocenters. The minimum atomic E-state index is -0.336. The second-order valence-electron chi connectivity index (χ2n) is 6.14. The minimum Gasteiger partial charge on any atom is -0.465 e. The van der Waals surface area contributed by atoms with Gasteiger partial charge in [-0.05, 0) is 31.0 Å². The van der Waals surface area contributed by atoms with Crippen molar-refractivity contribution >= 4 is 17.4 Å². The highest BCUT2D eigenvalue weighted by Crippen LogP contribution is 2.23. The quantitative estimate of drug-likeness (QED) is 0.805. The Bertz CT molecular complexity index is 753. The Hall–Kier alpha value is -2.46. The predicted molar refractivity (Wildman–Crippen MR) is 95.9 cm³/mol. The molecular formula is C20H22N2O2. The number of benzene rings is 2. The number of likely N-dealkylation sites (tertiary alicyclic amines) is 1. The van der Waals surface area contributed by atoms with Crippen LogP contribution in [0.3, 0.4) is 0 Å². The van der Waals surface area contributed by atoms with Crippen molar-refractivity contribution in [3.63, 3.8) is 0 Å². The molecule has 0 aliphatic carbocycles. The molecule has 0 bridgehead atoms. The van der Waals surface area contributed by atoms with Crippen molar-refractivity contribution in [1.82, 2.24) is 4.90 Å². The minimum absolute atomic E-state index is 0.336. The van der Waals surface area contributed by atoms with E-state index in [4.69, 9.17) is 9.73 Å². The van der Waals surface area contributed by atoms with Gasteiger partial charge in [0.25, 0.3) is 0 Å². The summed E-state index contributed by atoms with van der Waals surface area (Å²) in [6, 6.07) is 16.2. The predicted octanol–water partition coefficient (Wildman–Crippen LogP) is 3.76. The van der Waals surface area contributed by atoms with E-state index in [1.54, 1.807) is 0 Å². The number of esters is 1. The molecule has 0 atom stereocenters. The van der Waals surface area contributed by atoms with E-state index >= 15 is 0 Å². The summed E-state index contributed by atoms with van der Waals surface area (Å²) in [5.74, 6) is -0.336. The lowest BCUT2D eigenvalue weighted by Gasteiger charge is -2.13. The number of hydrogen-bond donors (Lipinski definition) is 0. The number of aliphatic imine (C=N–C) groups is 1. The standard InChI is InChI=1S/C20H22N2O2/c1-15-8-9-19(18(12-15)20(23)24-2)21-17-10-11-22(14-17)13-16-6-4-3-5-7-16/h3-9,12H,10-11,13-14H2,1-2H3/b21-17+. The molecule has 4 nitrogen and oxygen atoms in total. The Morgan fingerprint density at radius 1 is 1.21 bits per heavy atom. The van der Waals surface area contributed by atoms with Gasteiger partial charge in [0, 0.05) is 25.3 Å². The number of rotatable bonds is 4. The van der Waals surface area contributed by atoms with E-state index in [1.165, 1.54) is 12.7 Å². The van der Waals surface area contributed by atoms with Crippen molar-refractivity contribution < 1.29 is 9.53 Å². The molecule has 0 radical (unpaired) electrons. The Morgan fingerprint density at radius 2 is 2.00 bits per heavy atom. The van der Waals surface area contributed by atoms with Gasteiger partial charge in [0.2, 0.25) is 0 Å². The van der Waals surface area contributed by atoms with Gasteiger partial charge in [-0.15, -0.1) is 0 Å². The molecule has 1 aliphatic rings. The average molecular weight is 322 g/mol. The van der Waals surface area contributed by atoms with Crippen LogP contribution in [0.4, 0.5) is 5.69 Å². The van der Waals surface area contributed by atoms with Gasteiger partial charge in [-0.2, -0.15) is 0 Å². The second kappa shape index (κ2) is 7.41. The first-order valence-corrected chi connectivity index (χ1v) is 8.17. The monoisotopic (exact) mass is 322 g/mol. The van der Waals surface area contributed by atoms with Gasteiger partial charge in [-0.1, -0.05) is 42.0 Å². The third-order valence-electron chi connectivity index (χ3n) is 4.21. The number of nitrogens with zero attached hydrogens (tertiary/aromatic N) is 2. The number of hydrogen-bond acceptors (Lipinski definition) is 4. The van der Waals surface area contributed by atoms with Gasteiger partial charge in [0.15, 0.2) is 0 Å². The van der Waals surface area contributed by atoms with Crippen LogP contribution in [-0.2, 0) is 11.3 Å². The average Bonchev–Trinajstić information content (AvgIpc) is 3.03. The fraction of sp³-hybridized carbons (Fsp3) is 0.300. The van der Waals surface area contributed by atoms with Crippen molar-refractivity contribution in [2.75, 3.05) is 20.2 Å². The Kier molecular flexibility index (Phi) is 5.06. The number of ether oxygens (including phenoxy) is 1. The first kappa shape index (κ1) is 16.4. The van der Waals surface area contributed by atoms with E-state index in [9.17, 15) is 4.79 Å². The molecule has 1 saturated heterocycles. The second-order valence-corrected chi connectivity index (χ2v) is 6.14. The summed E-state index contributed by atoms with van der Waals surface area (Å²) in [6.45, 7) is 4.72. The third-order valence-corrected chi connectivity index (χ3v) is 4.21. The van der Waals surface area contributed by atoms with E-state index in [-0.39, 0.29) is 5.97 Å². The van der Waals surface area contributed by atoms with E-state index < -0.39 is 0 Å². The van der Waals surface area contributed by atoms with Crippen LogP contribution in [0.1, 0.15) is 27.9 Å². The lowest BCUT2D eigenvalue weighted by Crippen LogP contribution is -2.20. The molecule has 4 heteroatoms. The van der Waals surface area contributed by atoms with Crippen LogP contribution in [0.2, 0.25) is 0 Å². The summed E-state index contributed by atoms with van der Waals surface area (Å²) in [5.41, 5.74) is 4.68. The van der Waals surface area contributed by atoms with E-state index in [0.717, 1.165) is 37.3 Å². The molecule has 1 aliphatic heterocycles. The zero-order valence-electron chi connectivity index (χ0n) is 14.2. The normalized spacial score (nSPS) is 16.5. The van der Waals surface area contributed by atoms with Gasteiger partial charge in [-0.25, -0.2) is 4.79 Å².